The van der Waals surface area contributed by atoms with Gasteiger partial charge in [0.25, 0.3) is 0 Å². The standard InChI is InChI=1S/C13H13FN2O2/c1-18-13(17)8-5-11(6-8)16-12-3-2-10(14)4-9(12)7-15-16/h2-4,7-8,11H,5-6H2,1H3/t8-,11+. The van der Waals surface area contributed by atoms with Crippen molar-refractivity contribution >= 4 is 16.9 Å². The van der Waals surface area contributed by atoms with Crippen molar-refractivity contribution in [3.8, 4) is 0 Å². The molecule has 5 heteroatoms. The molecule has 18 heavy (non-hydrogen) atoms. The van der Waals surface area contributed by atoms with Crippen LogP contribution in [0.4, 0.5) is 4.39 Å². The average Bonchev–Trinajstić information content (AvgIpc) is 2.70. The third-order valence-electron chi connectivity index (χ3n) is 3.55. The number of esters is 1. The first kappa shape index (κ1) is 11.2. The van der Waals surface area contributed by atoms with E-state index in [4.69, 9.17) is 4.74 Å². The molecule has 4 nitrogen and oxygen atoms in total. The predicted octanol–water partition coefficient (Wildman–Crippen LogP) is 2.30. The molecule has 0 aliphatic heterocycles. The van der Waals surface area contributed by atoms with Gasteiger partial charge in [-0.05, 0) is 31.0 Å². The zero-order chi connectivity index (χ0) is 12.7. The molecule has 2 aromatic rings. The Morgan fingerprint density at radius 1 is 1.50 bits per heavy atom. The summed E-state index contributed by atoms with van der Waals surface area (Å²) in [6.07, 6.45) is 3.13. The lowest BCUT2D eigenvalue weighted by Crippen LogP contribution is -2.33. The van der Waals surface area contributed by atoms with E-state index in [1.165, 1.54) is 19.2 Å². The van der Waals surface area contributed by atoms with Gasteiger partial charge in [0.2, 0.25) is 0 Å². The lowest BCUT2D eigenvalue weighted by molar-refractivity contribution is -0.149. The molecule has 0 atom stereocenters. The summed E-state index contributed by atoms with van der Waals surface area (Å²) >= 11 is 0. The van der Waals surface area contributed by atoms with Crippen LogP contribution >= 0.6 is 0 Å². The van der Waals surface area contributed by atoms with Crippen LogP contribution in [0.1, 0.15) is 18.9 Å². The lowest BCUT2D eigenvalue weighted by Gasteiger charge is -2.33. The maximum absolute atomic E-state index is 13.1. The topological polar surface area (TPSA) is 44.1 Å². The third kappa shape index (κ3) is 1.66. The Kier molecular flexibility index (Phi) is 2.54. The van der Waals surface area contributed by atoms with Gasteiger partial charge in [0.15, 0.2) is 0 Å². The molecular weight excluding hydrogens is 235 g/mol. The molecule has 0 amide bonds. The van der Waals surface area contributed by atoms with Crippen molar-refractivity contribution in [1.29, 1.82) is 0 Å². The van der Waals surface area contributed by atoms with E-state index in [9.17, 15) is 9.18 Å². The maximum Gasteiger partial charge on any atom is 0.308 e. The Balaban J connectivity index is 1.83. The summed E-state index contributed by atoms with van der Waals surface area (Å²) in [5.74, 6) is -0.448. The molecule has 0 unspecified atom stereocenters. The number of benzene rings is 1. The van der Waals surface area contributed by atoms with Crippen molar-refractivity contribution in [1.82, 2.24) is 9.78 Å². The lowest BCUT2D eigenvalue weighted by atomic mass is 9.80. The van der Waals surface area contributed by atoms with Crippen molar-refractivity contribution in [3.63, 3.8) is 0 Å². The number of fused-ring (bicyclic) bond motifs is 1. The van der Waals surface area contributed by atoms with Gasteiger partial charge in [0.1, 0.15) is 5.82 Å². The second kappa shape index (κ2) is 4.08. The number of hydrogen-bond donors (Lipinski definition) is 0. The monoisotopic (exact) mass is 248 g/mol. The van der Waals surface area contributed by atoms with Crippen molar-refractivity contribution in [2.24, 2.45) is 5.92 Å². The molecular formula is C13H13FN2O2. The first-order chi connectivity index (χ1) is 8.69. The van der Waals surface area contributed by atoms with E-state index in [0.29, 0.717) is 0 Å². The number of rotatable bonds is 2. The zero-order valence-corrected chi connectivity index (χ0v) is 9.97. The first-order valence-electron chi connectivity index (χ1n) is 5.89. The quantitative estimate of drug-likeness (QED) is 0.766. The van der Waals surface area contributed by atoms with E-state index in [1.54, 1.807) is 12.3 Å². The average molecular weight is 248 g/mol. The van der Waals surface area contributed by atoms with Crippen LogP contribution in [0.5, 0.6) is 0 Å². The van der Waals surface area contributed by atoms with E-state index in [2.05, 4.69) is 5.10 Å². The maximum atomic E-state index is 13.1. The molecule has 0 N–H and O–H groups in total. The summed E-state index contributed by atoms with van der Waals surface area (Å²) in [5.41, 5.74) is 0.907. The van der Waals surface area contributed by atoms with E-state index in [1.807, 2.05) is 4.68 Å². The number of carbonyl (C=O) groups excluding carboxylic acids is 1. The Morgan fingerprint density at radius 2 is 2.28 bits per heavy atom. The van der Waals surface area contributed by atoms with E-state index < -0.39 is 0 Å². The molecule has 94 valence electrons. The highest BCUT2D eigenvalue weighted by atomic mass is 19.1. The van der Waals surface area contributed by atoms with E-state index in [0.717, 1.165) is 23.7 Å². The number of ether oxygens (including phenoxy) is 1. The molecule has 1 aliphatic carbocycles. The molecule has 0 saturated heterocycles. The van der Waals surface area contributed by atoms with Crippen LogP contribution in [0.25, 0.3) is 10.9 Å². The van der Waals surface area contributed by atoms with E-state index in [-0.39, 0.29) is 23.7 Å². The van der Waals surface area contributed by atoms with Crippen LogP contribution in [0.3, 0.4) is 0 Å². The van der Waals surface area contributed by atoms with Gasteiger partial charge in [-0.25, -0.2) is 4.39 Å². The van der Waals surface area contributed by atoms with Gasteiger partial charge in [-0.2, -0.15) is 5.10 Å². The number of hydrogen-bond acceptors (Lipinski definition) is 3. The fourth-order valence-electron chi connectivity index (χ4n) is 2.46. The molecule has 1 aromatic carbocycles. The molecule has 1 fully saturated rings. The Morgan fingerprint density at radius 3 is 3.00 bits per heavy atom. The number of carbonyl (C=O) groups is 1. The highest BCUT2D eigenvalue weighted by Gasteiger charge is 2.37. The smallest absolute Gasteiger partial charge is 0.308 e. The van der Waals surface area contributed by atoms with Crippen molar-refractivity contribution in [2.75, 3.05) is 7.11 Å². The van der Waals surface area contributed by atoms with Gasteiger partial charge in [-0.3, -0.25) is 9.48 Å². The molecule has 1 aromatic heterocycles. The molecule has 3 rings (SSSR count). The normalized spacial score (nSPS) is 22.8. The summed E-state index contributed by atoms with van der Waals surface area (Å²) in [6, 6.07) is 4.83. The first-order valence-corrected chi connectivity index (χ1v) is 5.89. The Hall–Kier alpha value is -1.91. The van der Waals surface area contributed by atoms with Crippen LogP contribution < -0.4 is 0 Å². The summed E-state index contributed by atoms with van der Waals surface area (Å²) in [5, 5.41) is 5.06. The third-order valence-corrected chi connectivity index (χ3v) is 3.55. The van der Waals surface area contributed by atoms with Crippen molar-refractivity contribution in [2.45, 2.75) is 18.9 Å². The zero-order valence-electron chi connectivity index (χ0n) is 9.97. The van der Waals surface area contributed by atoms with Crippen molar-refractivity contribution < 1.29 is 13.9 Å². The number of halogens is 1. The van der Waals surface area contributed by atoms with Gasteiger partial charge in [0, 0.05) is 5.39 Å². The second-order valence-electron chi connectivity index (χ2n) is 4.64. The summed E-state index contributed by atoms with van der Waals surface area (Å²) in [4.78, 5) is 11.3. The fourth-order valence-corrected chi connectivity index (χ4v) is 2.46. The van der Waals surface area contributed by atoms with Gasteiger partial charge in [0.05, 0.1) is 30.8 Å². The second-order valence-corrected chi connectivity index (χ2v) is 4.64. The number of aromatic nitrogens is 2. The van der Waals surface area contributed by atoms with Gasteiger partial charge in [-0.15, -0.1) is 0 Å². The van der Waals surface area contributed by atoms with Gasteiger partial charge < -0.3 is 4.74 Å². The molecule has 0 spiro atoms. The van der Waals surface area contributed by atoms with Crippen molar-refractivity contribution in [3.05, 3.63) is 30.2 Å². The Bertz CT molecular complexity index is 602. The van der Waals surface area contributed by atoms with Crippen LogP contribution in [0.15, 0.2) is 24.4 Å². The summed E-state index contributed by atoms with van der Waals surface area (Å²) in [6.45, 7) is 0. The minimum atomic E-state index is -0.261. The molecule has 1 aliphatic rings. The largest absolute Gasteiger partial charge is 0.469 e. The minimum absolute atomic E-state index is 0.0281. The van der Waals surface area contributed by atoms with Crippen LogP contribution in [0.2, 0.25) is 0 Å². The SMILES string of the molecule is COC(=O)[C@H]1C[C@@H](n2ncc3cc(F)ccc32)C1. The Labute approximate surface area is 103 Å². The van der Waals surface area contributed by atoms with Crippen LogP contribution in [-0.2, 0) is 9.53 Å². The number of methoxy groups -OCH3 is 1. The van der Waals surface area contributed by atoms with Gasteiger partial charge >= 0.3 is 5.97 Å². The molecule has 1 saturated carbocycles. The van der Waals surface area contributed by atoms with Crippen LogP contribution in [0, 0.1) is 11.7 Å². The summed E-state index contributed by atoms with van der Waals surface area (Å²) < 4.78 is 19.6. The summed E-state index contributed by atoms with van der Waals surface area (Å²) in [7, 11) is 1.40. The number of nitrogens with zero attached hydrogens (tertiary/aromatic N) is 2. The molecule has 0 radical (unpaired) electrons. The highest BCUT2D eigenvalue weighted by molar-refractivity contribution is 5.79. The van der Waals surface area contributed by atoms with Gasteiger partial charge in [-0.1, -0.05) is 0 Å². The van der Waals surface area contributed by atoms with Crippen LogP contribution in [-0.4, -0.2) is 22.9 Å². The fraction of sp³-hybridized carbons (Fsp3) is 0.385. The molecule has 1 heterocycles. The molecule has 0 bridgehead atoms. The predicted molar refractivity (Wildman–Crippen MR) is 63.5 cm³/mol. The highest BCUT2D eigenvalue weighted by Crippen LogP contribution is 2.39. The minimum Gasteiger partial charge on any atom is -0.469 e. The van der Waals surface area contributed by atoms with E-state index >= 15 is 0 Å².